The Labute approximate surface area is 124 Å². The lowest BCUT2D eigenvalue weighted by molar-refractivity contribution is 0.0378. The molecule has 0 unspecified atom stereocenters. The van der Waals surface area contributed by atoms with Crippen molar-refractivity contribution in [2.75, 3.05) is 56.7 Å². The van der Waals surface area contributed by atoms with Crippen LogP contribution in [0, 0.1) is 0 Å². The van der Waals surface area contributed by atoms with Gasteiger partial charge >= 0.3 is 6.01 Å². The second-order valence-corrected chi connectivity index (χ2v) is 4.58. The van der Waals surface area contributed by atoms with E-state index in [2.05, 4.69) is 30.6 Å². The topological polar surface area (TPSA) is 110 Å². The number of anilines is 2. The van der Waals surface area contributed by atoms with E-state index in [4.69, 9.17) is 15.3 Å². The molecule has 0 spiro atoms. The van der Waals surface area contributed by atoms with Crippen LogP contribution in [0.25, 0.3) is 0 Å². The monoisotopic (exact) mass is 297 g/mol. The molecule has 0 bridgehead atoms. The van der Waals surface area contributed by atoms with Crippen LogP contribution < -0.4 is 21.3 Å². The highest BCUT2D eigenvalue weighted by molar-refractivity contribution is 5.34. The lowest BCUT2D eigenvalue weighted by Crippen LogP contribution is -2.37. The molecular formula is C12H23N7O2. The number of aromatic nitrogens is 3. The number of nitrogens with two attached hydrogens (primary N) is 1. The minimum Gasteiger partial charge on any atom is -0.464 e. The van der Waals surface area contributed by atoms with Crippen LogP contribution in [0.5, 0.6) is 6.01 Å². The summed E-state index contributed by atoms with van der Waals surface area (Å²) in [5.41, 5.74) is 2.40. The van der Waals surface area contributed by atoms with Crippen molar-refractivity contribution >= 4 is 11.9 Å². The summed E-state index contributed by atoms with van der Waals surface area (Å²) in [5.74, 6) is 6.07. The lowest BCUT2D eigenvalue weighted by Gasteiger charge is -2.26. The fourth-order valence-corrected chi connectivity index (χ4v) is 2.02. The fourth-order valence-electron chi connectivity index (χ4n) is 2.02. The minimum atomic E-state index is 0.260. The smallest absolute Gasteiger partial charge is 0.323 e. The molecule has 1 fully saturated rings. The van der Waals surface area contributed by atoms with Crippen molar-refractivity contribution in [2.45, 2.75) is 13.3 Å². The highest BCUT2D eigenvalue weighted by atomic mass is 16.5. The van der Waals surface area contributed by atoms with Crippen molar-refractivity contribution in [1.82, 2.24) is 19.9 Å². The second kappa shape index (κ2) is 8.55. The van der Waals surface area contributed by atoms with Crippen molar-refractivity contribution in [2.24, 2.45) is 5.84 Å². The number of nitrogens with zero attached hydrogens (tertiary/aromatic N) is 4. The van der Waals surface area contributed by atoms with Crippen molar-refractivity contribution in [3.05, 3.63) is 0 Å². The van der Waals surface area contributed by atoms with Gasteiger partial charge in [0.1, 0.15) is 0 Å². The van der Waals surface area contributed by atoms with Gasteiger partial charge in [0, 0.05) is 19.6 Å². The molecule has 1 aliphatic heterocycles. The van der Waals surface area contributed by atoms with E-state index in [1.807, 2.05) is 6.92 Å². The van der Waals surface area contributed by atoms with Gasteiger partial charge < -0.3 is 14.8 Å². The maximum atomic E-state index is 5.33. The van der Waals surface area contributed by atoms with Gasteiger partial charge in [-0.05, 0) is 19.9 Å². The maximum absolute atomic E-state index is 5.33. The number of hydrogen-bond donors (Lipinski definition) is 3. The molecule has 1 aromatic rings. The van der Waals surface area contributed by atoms with Gasteiger partial charge in [-0.3, -0.25) is 10.3 Å². The van der Waals surface area contributed by atoms with Gasteiger partial charge in [-0.25, -0.2) is 5.84 Å². The summed E-state index contributed by atoms with van der Waals surface area (Å²) < 4.78 is 10.6. The fraction of sp³-hybridized carbons (Fsp3) is 0.750. The molecule has 0 aliphatic carbocycles. The third-order valence-electron chi connectivity index (χ3n) is 3.06. The van der Waals surface area contributed by atoms with E-state index in [0.717, 1.165) is 45.8 Å². The van der Waals surface area contributed by atoms with Gasteiger partial charge in [0.15, 0.2) is 0 Å². The summed E-state index contributed by atoms with van der Waals surface area (Å²) in [6.07, 6.45) is 1.00. The molecule has 0 radical (unpaired) electrons. The molecule has 2 heterocycles. The molecule has 1 aromatic heterocycles. The van der Waals surface area contributed by atoms with E-state index in [0.29, 0.717) is 12.6 Å². The first-order chi connectivity index (χ1) is 10.3. The summed E-state index contributed by atoms with van der Waals surface area (Å²) in [6.45, 7) is 7.81. The Morgan fingerprint density at radius 2 is 2.00 bits per heavy atom. The van der Waals surface area contributed by atoms with E-state index in [1.165, 1.54) is 0 Å². The molecule has 2 rings (SSSR count). The number of ether oxygens (including phenoxy) is 2. The van der Waals surface area contributed by atoms with Crippen LogP contribution in [0.3, 0.4) is 0 Å². The van der Waals surface area contributed by atoms with Crippen LogP contribution in [0.2, 0.25) is 0 Å². The molecule has 1 saturated heterocycles. The predicted octanol–water partition coefficient (Wildman–Crippen LogP) is -0.310. The number of morpholine rings is 1. The van der Waals surface area contributed by atoms with Gasteiger partial charge in [0.05, 0.1) is 19.8 Å². The van der Waals surface area contributed by atoms with Crippen LogP contribution in [-0.4, -0.2) is 65.9 Å². The van der Waals surface area contributed by atoms with E-state index < -0.39 is 0 Å². The first-order valence-corrected chi connectivity index (χ1v) is 7.21. The van der Waals surface area contributed by atoms with Crippen molar-refractivity contribution in [1.29, 1.82) is 0 Å². The Hall–Kier alpha value is -1.71. The zero-order valence-corrected chi connectivity index (χ0v) is 12.3. The summed E-state index contributed by atoms with van der Waals surface area (Å²) in [6, 6.07) is 0.260. The lowest BCUT2D eigenvalue weighted by atomic mass is 10.3. The third kappa shape index (κ3) is 5.29. The van der Waals surface area contributed by atoms with Gasteiger partial charge in [0.25, 0.3) is 0 Å². The van der Waals surface area contributed by atoms with Crippen molar-refractivity contribution < 1.29 is 9.47 Å². The Morgan fingerprint density at radius 3 is 2.71 bits per heavy atom. The quantitative estimate of drug-likeness (QED) is 0.338. The largest absolute Gasteiger partial charge is 0.464 e. The van der Waals surface area contributed by atoms with E-state index >= 15 is 0 Å². The van der Waals surface area contributed by atoms with Crippen molar-refractivity contribution in [3.8, 4) is 6.01 Å². The Balaban J connectivity index is 1.77. The minimum absolute atomic E-state index is 0.260. The molecule has 0 amide bonds. The summed E-state index contributed by atoms with van der Waals surface area (Å²) in [4.78, 5) is 14.7. The average Bonchev–Trinajstić information content (AvgIpc) is 2.53. The Bertz CT molecular complexity index is 426. The molecule has 1 aliphatic rings. The van der Waals surface area contributed by atoms with Gasteiger partial charge in [-0.2, -0.15) is 15.0 Å². The molecular weight excluding hydrogens is 274 g/mol. The molecule has 9 heteroatoms. The van der Waals surface area contributed by atoms with Crippen LogP contribution in [0.4, 0.5) is 11.9 Å². The molecule has 4 N–H and O–H groups in total. The molecule has 21 heavy (non-hydrogen) atoms. The first kappa shape index (κ1) is 15.7. The Morgan fingerprint density at radius 1 is 1.24 bits per heavy atom. The zero-order chi connectivity index (χ0) is 14.9. The highest BCUT2D eigenvalue weighted by Crippen LogP contribution is 2.10. The SMILES string of the molecule is CCOc1nc(NN)nc(NCCCN2CCOCC2)n1. The van der Waals surface area contributed by atoms with Gasteiger partial charge in [0.2, 0.25) is 11.9 Å². The normalized spacial score (nSPS) is 15.7. The Kier molecular flexibility index (Phi) is 6.38. The van der Waals surface area contributed by atoms with E-state index in [9.17, 15) is 0 Å². The van der Waals surface area contributed by atoms with Crippen LogP contribution in [0.15, 0.2) is 0 Å². The van der Waals surface area contributed by atoms with E-state index in [1.54, 1.807) is 0 Å². The second-order valence-electron chi connectivity index (χ2n) is 4.58. The highest BCUT2D eigenvalue weighted by Gasteiger charge is 2.10. The molecule has 9 nitrogen and oxygen atoms in total. The van der Waals surface area contributed by atoms with Crippen LogP contribution >= 0.6 is 0 Å². The number of hydrogen-bond acceptors (Lipinski definition) is 9. The summed E-state index contributed by atoms with van der Waals surface area (Å²) in [7, 11) is 0. The first-order valence-electron chi connectivity index (χ1n) is 7.21. The molecule has 0 atom stereocenters. The number of rotatable bonds is 8. The standard InChI is InChI=1S/C12H23N7O2/c1-2-21-12-16-10(15-11(17-12)18-13)14-4-3-5-19-6-8-20-9-7-19/h2-9,13H2,1H3,(H2,14,15,16,17,18). The summed E-state index contributed by atoms with van der Waals surface area (Å²) in [5, 5.41) is 3.16. The maximum Gasteiger partial charge on any atom is 0.323 e. The zero-order valence-electron chi connectivity index (χ0n) is 12.3. The van der Waals surface area contributed by atoms with Gasteiger partial charge in [-0.1, -0.05) is 0 Å². The van der Waals surface area contributed by atoms with Gasteiger partial charge in [-0.15, -0.1) is 0 Å². The molecule has 0 saturated carbocycles. The average molecular weight is 297 g/mol. The number of hydrazine groups is 1. The third-order valence-corrected chi connectivity index (χ3v) is 3.06. The summed E-state index contributed by atoms with van der Waals surface area (Å²) >= 11 is 0. The predicted molar refractivity (Wildman–Crippen MR) is 79.2 cm³/mol. The van der Waals surface area contributed by atoms with Crippen LogP contribution in [-0.2, 0) is 4.74 Å². The molecule has 0 aromatic carbocycles. The van der Waals surface area contributed by atoms with Crippen molar-refractivity contribution in [3.63, 3.8) is 0 Å². The number of nitrogens with one attached hydrogen (secondary N) is 2. The van der Waals surface area contributed by atoms with Crippen LogP contribution in [0.1, 0.15) is 13.3 Å². The molecule has 118 valence electrons. The number of nitrogen functional groups attached to an aromatic ring is 1. The van der Waals surface area contributed by atoms with E-state index in [-0.39, 0.29) is 12.0 Å².